The van der Waals surface area contributed by atoms with Crippen LogP contribution in [0.5, 0.6) is 0 Å². The Morgan fingerprint density at radius 2 is 1.97 bits per heavy atom. The van der Waals surface area contributed by atoms with Crippen molar-refractivity contribution in [2.24, 2.45) is 0 Å². The van der Waals surface area contributed by atoms with Gasteiger partial charge in [-0.1, -0.05) is 0 Å². The molecule has 1 aliphatic heterocycles. The van der Waals surface area contributed by atoms with Gasteiger partial charge in [-0.25, -0.2) is 0 Å². The van der Waals surface area contributed by atoms with E-state index in [-0.39, 0.29) is 18.6 Å². The summed E-state index contributed by atoms with van der Waals surface area (Å²) in [5.74, 6) is -1.43. The fourth-order valence-corrected chi connectivity index (χ4v) is 8.11. The van der Waals surface area contributed by atoms with E-state index in [9.17, 15) is 18.6 Å². The molecule has 29 heavy (non-hydrogen) atoms. The van der Waals surface area contributed by atoms with E-state index in [0.29, 0.717) is 9.49 Å². The van der Waals surface area contributed by atoms with Gasteiger partial charge in [-0.15, -0.1) is 0 Å². The van der Waals surface area contributed by atoms with Crippen molar-refractivity contribution < 1.29 is 26.5 Å². The molecule has 1 aliphatic rings. The van der Waals surface area contributed by atoms with Crippen LogP contribution in [0.2, 0.25) is 0 Å². The second-order valence-corrected chi connectivity index (χ2v) is 15.1. The maximum atomic E-state index is 12.6. The summed E-state index contributed by atoms with van der Waals surface area (Å²) in [5, 5.41) is 1.18. The number of nitrogens with one attached hydrogen (secondary N) is 1. The Kier molecular flexibility index (Phi) is 9.09. The molecule has 162 valence electrons. The van der Waals surface area contributed by atoms with Crippen molar-refractivity contribution in [1.82, 2.24) is 5.48 Å². The summed E-state index contributed by atoms with van der Waals surface area (Å²) in [7, 11) is -2.31. The van der Waals surface area contributed by atoms with Gasteiger partial charge >= 0.3 is 180 Å². The molecule has 0 radical (unpaired) electrons. The third-order valence-electron chi connectivity index (χ3n) is 4.02. The van der Waals surface area contributed by atoms with Gasteiger partial charge in [-0.3, -0.25) is 0 Å². The maximum absolute atomic E-state index is 12.6. The van der Waals surface area contributed by atoms with Crippen LogP contribution in [0.4, 0.5) is 0 Å². The van der Waals surface area contributed by atoms with Crippen molar-refractivity contribution in [2.75, 3.05) is 16.9 Å². The van der Waals surface area contributed by atoms with E-state index in [1.807, 2.05) is 0 Å². The van der Waals surface area contributed by atoms with Gasteiger partial charge in [0.05, 0.1) is 0 Å². The van der Waals surface area contributed by atoms with Crippen LogP contribution in [0.3, 0.4) is 0 Å². The minimum absolute atomic E-state index is 0.000919. The monoisotopic (exact) mass is 537 g/mol. The van der Waals surface area contributed by atoms with Gasteiger partial charge in [0.1, 0.15) is 0 Å². The molecule has 9 heteroatoms. The molecule has 1 aromatic rings. The molecule has 2 rings (SSSR count). The molecular weight excluding hydrogens is 509 g/mol. The number of rotatable bonds is 11. The Morgan fingerprint density at radius 1 is 1.28 bits per heavy atom. The number of ketones is 1. The van der Waals surface area contributed by atoms with E-state index < -0.39 is 47.7 Å². The van der Waals surface area contributed by atoms with E-state index in [1.54, 1.807) is 30.3 Å². The Balaban J connectivity index is 1.96. The van der Waals surface area contributed by atoms with E-state index in [4.69, 9.17) is 7.90 Å². The van der Waals surface area contributed by atoms with E-state index >= 15 is 0 Å². The number of carbonyl (C=O) groups is 3. The average molecular weight is 537 g/mol. The Morgan fingerprint density at radius 3 is 2.59 bits per heavy atom. The number of hydrogen-bond acceptors (Lipinski definition) is 7. The van der Waals surface area contributed by atoms with Crippen molar-refractivity contribution in [2.45, 2.75) is 42.6 Å². The van der Waals surface area contributed by atoms with Crippen molar-refractivity contribution in [3.05, 3.63) is 35.9 Å². The first-order valence-corrected chi connectivity index (χ1v) is 15.5. The van der Waals surface area contributed by atoms with Crippen LogP contribution in [-0.2, 0) is 27.0 Å². The molecule has 0 aliphatic carbocycles. The second-order valence-electron chi connectivity index (χ2n) is 7.15. The van der Waals surface area contributed by atoms with Gasteiger partial charge in [-0.2, -0.15) is 0 Å². The predicted molar refractivity (Wildman–Crippen MR) is 123 cm³/mol. The standard InChI is InChI=1S/C20H28INO6S/c1-4-8-16-13-21(16)27-20(25)18(12-11-17(23)14-29(2,3)26)22-28-19(24)15-9-6-5-7-10-15/h5-7,9-10,14,16,18,22H,4,8,11-13H2,1-3H3/t16?,18-/m0/s1. The molecule has 2 atom stereocenters. The first-order chi connectivity index (χ1) is 13.7. The van der Waals surface area contributed by atoms with Crippen LogP contribution in [0, 0.1) is 0 Å². The Labute approximate surface area is 179 Å². The predicted octanol–water partition coefficient (Wildman–Crippen LogP) is 2.56. The molecule has 1 unspecified atom stereocenters. The summed E-state index contributed by atoms with van der Waals surface area (Å²) in [6.07, 6.45) is 5.17. The number of carbonyl (C=O) groups excluding carboxylic acids is 3. The van der Waals surface area contributed by atoms with Crippen LogP contribution in [0.1, 0.15) is 43.0 Å². The molecule has 0 saturated carbocycles. The van der Waals surface area contributed by atoms with Gasteiger partial charge in [0.15, 0.2) is 0 Å². The van der Waals surface area contributed by atoms with Crippen molar-refractivity contribution >= 4 is 52.8 Å². The zero-order valence-electron chi connectivity index (χ0n) is 16.9. The van der Waals surface area contributed by atoms with Gasteiger partial charge in [0, 0.05) is 0 Å². The normalized spacial score (nSPS) is 17.9. The van der Waals surface area contributed by atoms with E-state index in [0.717, 1.165) is 17.3 Å². The zero-order valence-corrected chi connectivity index (χ0v) is 19.9. The summed E-state index contributed by atoms with van der Waals surface area (Å²) in [4.78, 5) is 41.8. The second kappa shape index (κ2) is 11.1. The topological polar surface area (TPSA) is 98.8 Å². The number of hydroxylamine groups is 1. The molecule has 1 saturated heterocycles. The molecule has 0 aromatic heterocycles. The van der Waals surface area contributed by atoms with Crippen LogP contribution in [0.15, 0.2) is 30.3 Å². The summed E-state index contributed by atoms with van der Waals surface area (Å²) in [6.45, 7) is 2.10. The molecular formula is C20H28INO6S. The molecule has 0 spiro atoms. The average Bonchev–Trinajstić information content (AvgIpc) is 3.38. The van der Waals surface area contributed by atoms with Gasteiger partial charge in [0.25, 0.3) is 0 Å². The quantitative estimate of drug-likeness (QED) is 0.201. The Hall–Kier alpha value is -1.46. The first-order valence-electron chi connectivity index (χ1n) is 9.40. The number of halogens is 1. The Bertz CT molecular complexity index is 842. The number of hydrogen-bond donors (Lipinski definition) is 1. The third-order valence-corrected chi connectivity index (χ3v) is 9.68. The van der Waals surface area contributed by atoms with E-state index in [1.165, 1.54) is 17.9 Å². The molecule has 1 heterocycles. The third kappa shape index (κ3) is 8.83. The first kappa shape index (κ1) is 23.8. The molecule has 0 bridgehead atoms. The van der Waals surface area contributed by atoms with Gasteiger partial charge < -0.3 is 0 Å². The molecule has 0 amide bonds. The van der Waals surface area contributed by atoms with Gasteiger partial charge in [0.2, 0.25) is 0 Å². The SMILES string of the molecule is CCCC1CI1OC(=O)[C@H](CCC(=O)C=S(C)(C)=O)NOC(=O)c1ccccc1. The zero-order chi connectivity index (χ0) is 21.4. The molecule has 1 N–H and O–H groups in total. The van der Waals surface area contributed by atoms with Crippen molar-refractivity contribution in [3.8, 4) is 0 Å². The van der Waals surface area contributed by atoms with E-state index in [2.05, 4.69) is 12.4 Å². The summed E-state index contributed by atoms with van der Waals surface area (Å²) in [6, 6.07) is 7.45. The summed E-state index contributed by atoms with van der Waals surface area (Å²) in [5.41, 5.74) is 2.82. The van der Waals surface area contributed by atoms with Crippen LogP contribution >= 0.6 is 20.2 Å². The van der Waals surface area contributed by atoms with Crippen LogP contribution in [0.25, 0.3) is 0 Å². The van der Waals surface area contributed by atoms with Crippen LogP contribution in [-0.4, -0.2) is 54.2 Å². The molecule has 7 nitrogen and oxygen atoms in total. The van der Waals surface area contributed by atoms with Crippen molar-refractivity contribution in [3.63, 3.8) is 0 Å². The van der Waals surface area contributed by atoms with Crippen molar-refractivity contribution in [1.29, 1.82) is 0 Å². The van der Waals surface area contributed by atoms with Crippen LogP contribution < -0.4 is 5.48 Å². The fraction of sp³-hybridized carbons (Fsp3) is 0.500. The molecule has 1 fully saturated rings. The van der Waals surface area contributed by atoms with Gasteiger partial charge in [-0.05, 0) is 0 Å². The minimum atomic E-state index is -2.31. The summed E-state index contributed by atoms with van der Waals surface area (Å²) >= 11 is -1.71. The fourth-order valence-electron chi connectivity index (χ4n) is 2.53. The summed E-state index contributed by atoms with van der Waals surface area (Å²) < 4.78 is 18.9. The number of alkyl halides is 2. The number of benzene rings is 1. The molecule has 1 aromatic carbocycles. The number of Topliss-reactive ketones (excluding diaryl/α,β-unsaturated/α-hetero) is 1.